The largest absolute Gasteiger partial charge is 0.465 e. The van der Waals surface area contributed by atoms with E-state index in [2.05, 4.69) is 0 Å². The van der Waals surface area contributed by atoms with Crippen molar-refractivity contribution in [2.75, 3.05) is 18.0 Å². The summed E-state index contributed by atoms with van der Waals surface area (Å²) in [4.78, 5) is 37.2. The molecule has 7 nitrogen and oxygen atoms in total. The Balaban J connectivity index is 2.12. The third-order valence-electron chi connectivity index (χ3n) is 4.23. The van der Waals surface area contributed by atoms with Crippen molar-refractivity contribution < 1.29 is 24.6 Å². The van der Waals surface area contributed by atoms with Crippen molar-refractivity contribution in [3.63, 3.8) is 0 Å². The molecular weight excluding hydrogens is 276 g/mol. The minimum atomic E-state index is -1.34. The van der Waals surface area contributed by atoms with E-state index in [1.54, 1.807) is 24.3 Å². The maximum atomic E-state index is 12.7. The second-order valence-electron chi connectivity index (χ2n) is 5.33. The van der Waals surface area contributed by atoms with Gasteiger partial charge in [-0.2, -0.15) is 0 Å². The highest BCUT2D eigenvalue weighted by molar-refractivity contribution is 6.20. The summed E-state index contributed by atoms with van der Waals surface area (Å²) < 4.78 is 0. The second-order valence-corrected chi connectivity index (χ2v) is 5.33. The maximum absolute atomic E-state index is 12.7. The molecule has 7 heteroatoms. The fourth-order valence-corrected chi connectivity index (χ4v) is 3.32. The first-order valence-corrected chi connectivity index (χ1v) is 6.62. The van der Waals surface area contributed by atoms with Gasteiger partial charge < -0.3 is 15.1 Å². The molecule has 21 heavy (non-hydrogen) atoms. The number of hydrogen-bond donors (Lipinski definition) is 2. The Morgan fingerprint density at radius 1 is 1.14 bits per heavy atom. The summed E-state index contributed by atoms with van der Waals surface area (Å²) in [7, 11) is 0. The molecule has 2 heterocycles. The quantitative estimate of drug-likeness (QED) is 0.758. The van der Waals surface area contributed by atoms with E-state index >= 15 is 0 Å². The highest BCUT2D eigenvalue weighted by atomic mass is 16.4. The van der Waals surface area contributed by atoms with Crippen LogP contribution in [0.3, 0.4) is 0 Å². The van der Waals surface area contributed by atoms with Crippen LogP contribution in [0.2, 0.25) is 0 Å². The predicted molar refractivity (Wildman–Crippen MR) is 72.5 cm³/mol. The molecule has 0 radical (unpaired) electrons. The van der Waals surface area contributed by atoms with E-state index in [0.717, 1.165) is 4.90 Å². The number of piperidine rings is 1. The molecule has 1 spiro atoms. The number of carbonyl (C=O) groups excluding carboxylic acids is 1. The fraction of sp³-hybridized carbons (Fsp3) is 0.357. The molecule has 0 bridgehead atoms. The fourth-order valence-electron chi connectivity index (χ4n) is 3.32. The first-order valence-electron chi connectivity index (χ1n) is 6.62. The van der Waals surface area contributed by atoms with Crippen LogP contribution in [-0.4, -0.2) is 46.3 Å². The zero-order chi connectivity index (χ0) is 15.2. The molecule has 3 amide bonds. The van der Waals surface area contributed by atoms with E-state index < -0.39 is 23.5 Å². The number of likely N-dealkylation sites (tertiary alicyclic amines) is 1. The van der Waals surface area contributed by atoms with Crippen molar-refractivity contribution >= 4 is 23.8 Å². The van der Waals surface area contributed by atoms with Crippen molar-refractivity contribution in [3.05, 3.63) is 29.8 Å². The van der Waals surface area contributed by atoms with Crippen LogP contribution in [0, 0.1) is 0 Å². The van der Waals surface area contributed by atoms with E-state index in [1.165, 1.54) is 4.90 Å². The molecule has 2 N–H and O–H groups in total. The Bertz CT molecular complexity index is 644. The minimum Gasteiger partial charge on any atom is -0.465 e. The molecule has 110 valence electrons. The van der Waals surface area contributed by atoms with Crippen molar-refractivity contribution in [2.45, 2.75) is 18.3 Å². The molecule has 1 fully saturated rings. The number of amides is 3. The zero-order valence-corrected chi connectivity index (χ0v) is 11.2. The lowest BCUT2D eigenvalue weighted by Crippen LogP contribution is -2.53. The van der Waals surface area contributed by atoms with Gasteiger partial charge in [0, 0.05) is 13.1 Å². The molecule has 1 aromatic rings. The topological polar surface area (TPSA) is 98.2 Å². The molecule has 1 saturated heterocycles. The number of para-hydroxylation sites is 1. The molecule has 2 aliphatic rings. The molecular formula is C14H14N2O5. The Labute approximate surface area is 120 Å². The van der Waals surface area contributed by atoms with Crippen LogP contribution in [0.5, 0.6) is 0 Å². The monoisotopic (exact) mass is 290 g/mol. The third-order valence-corrected chi connectivity index (χ3v) is 4.23. The van der Waals surface area contributed by atoms with E-state index in [1.807, 2.05) is 0 Å². The number of nitrogens with zero attached hydrogens (tertiary/aromatic N) is 2. The summed E-state index contributed by atoms with van der Waals surface area (Å²) in [6, 6.07) is 6.69. The Hall–Kier alpha value is -2.57. The Kier molecular flexibility index (Phi) is 2.86. The number of carbonyl (C=O) groups is 3. The van der Waals surface area contributed by atoms with Crippen LogP contribution in [0.1, 0.15) is 18.4 Å². The summed E-state index contributed by atoms with van der Waals surface area (Å²) in [5.74, 6) is -0.554. The number of benzene rings is 1. The maximum Gasteiger partial charge on any atom is 0.418 e. The summed E-state index contributed by atoms with van der Waals surface area (Å²) in [5.41, 5.74) is -0.142. The van der Waals surface area contributed by atoms with Gasteiger partial charge in [-0.15, -0.1) is 0 Å². The van der Waals surface area contributed by atoms with Crippen molar-refractivity contribution in [1.29, 1.82) is 0 Å². The number of fused-ring (bicyclic) bond motifs is 2. The molecule has 1 unspecified atom stereocenters. The highest BCUT2D eigenvalue weighted by Gasteiger charge is 2.55. The van der Waals surface area contributed by atoms with Gasteiger partial charge in [-0.25, -0.2) is 14.5 Å². The lowest BCUT2D eigenvalue weighted by atomic mass is 9.75. The minimum absolute atomic E-state index is 0.00194. The number of anilines is 1. The summed E-state index contributed by atoms with van der Waals surface area (Å²) in [6.07, 6.45) is -1.44. The van der Waals surface area contributed by atoms with E-state index in [0.29, 0.717) is 30.6 Å². The van der Waals surface area contributed by atoms with Gasteiger partial charge in [-0.1, -0.05) is 18.2 Å². The zero-order valence-electron chi connectivity index (χ0n) is 11.2. The standard InChI is InChI=1S/C14H14N2O5/c17-11-14(6-3-7-15(8-14)12(18)19)9-4-1-2-5-10(9)16(11)13(20)21/h1-2,4-5H,3,6-8H2,(H,18,19)(H,20,21). The molecule has 0 saturated carbocycles. The number of rotatable bonds is 0. The van der Waals surface area contributed by atoms with Gasteiger partial charge in [0.1, 0.15) is 0 Å². The van der Waals surface area contributed by atoms with Gasteiger partial charge in [0.25, 0.3) is 0 Å². The first-order chi connectivity index (χ1) is 9.97. The van der Waals surface area contributed by atoms with Crippen LogP contribution >= 0.6 is 0 Å². The summed E-state index contributed by atoms with van der Waals surface area (Å²) >= 11 is 0. The van der Waals surface area contributed by atoms with Gasteiger partial charge in [0.15, 0.2) is 0 Å². The lowest BCUT2D eigenvalue weighted by molar-refractivity contribution is -0.124. The molecule has 3 rings (SSSR count). The summed E-state index contributed by atoms with van der Waals surface area (Å²) in [5, 5.41) is 18.5. The SMILES string of the molecule is O=C(O)N1CCCC2(C1)C(=O)N(C(=O)O)c1ccccc12. The molecule has 0 aliphatic carbocycles. The smallest absolute Gasteiger partial charge is 0.418 e. The number of hydrogen-bond acceptors (Lipinski definition) is 3. The average Bonchev–Trinajstić information content (AvgIpc) is 2.69. The Morgan fingerprint density at radius 2 is 1.86 bits per heavy atom. The van der Waals surface area contributed by atoms with Crippen molar-refractivity contribution in [3.8, 4) is 0 Å². The van der Waals surface area contributed by atoms with Crippen molar-refractivity contribution in [1.82, 2.24) is 4.90 Å². The van der Waals surface area contributed by atoms with Gasteiger partial charge in [-0.3, -0.25) is 4.79 Å². The molecule has 1 atom stereocenters. The molecule has 0 aromatic heterocycles. The van der Waals surface area contributed by atoms with E-state index in [4.69, 9.17) is 0 Å². The van der Waals surface area contributed by atoms with Gasteiger partial charge in [-0.05, 0) is 24.5 Å². The summed E-state index contributed by atoms with van der Waals surface area (Å²) in [6.45, 7) is 0.363. The lowest BCUT2D eigenvalue weighted by Gasteiger charge is -2.37. The Morgan fingerprint density at radius 3 is 2.52 bits per heavy atom. The van der Waals surface area contributed by atoms with E-state index in [-0.39, 0.29) is 6.54 Å². The van der Waals surface area contributed by atoms with Crippen LogP contribution < -0.4 is 4.90 Å². The van der Waals surface area contributed by atoms with Crippen molar-refractivity contribution in [2.24, 2.45) is 0 Å². The van der Waals surface area contributed by atoms with Gasteiger partial charge >= 0.3 is 12.2 Å². The van der Waals surface area contributed by atoms with Gasteiger partial charge in [0.05, 0.1) is 11.1 Å². The first kappa shape index (κ1) is 13.4. The van der Waals surface area contributed by atoms with Crippen LogP contribution in [0.4, 0.5) is 15.3 Å². The average molecular weight is 290 g/mol. The van der Waals surface area contributed by atoms with Crippen LogP contribution in [0.15, 0.2) is 24.3 Å². The third kappa shape index (κ3) is 1.77. The molecule has 2 aliphatic heterocycles. The normalized spacial score (nSPS) is 24.3. The predicted octanol–water partition coefficient (Wildman–Crippen LogP) is 1.72. The molecule has 1 aromatic carbocycles. The number of imide groups is 1. The second kappa shape index (κ2) is 4.47. The van der Waals surface area contributed by atoms with E-state index in [9.17, 15) is 24.6 Å². The van der Waals surface area contributed by atoms with Crippen LogP contribution in [-0.2, 0) is 10.2 Å². The van der Waals surface area contributed by atoms with Crippen LogP contribution in [0.25, 0.3) is 0 Å². The number of carboxylic acid groups (broad SMARTS) is 2. The van der Waals surface area contributed by atoms with Gasteiger partial charge in [0.2, 0.25) is 5.91 Å². The highest BCUT2D eigenvalue weighted by Crippen LogP contribution is 2.46.